The lowest BCUT2D eigenvalue weighted by atomic mass is 9.99. The first-order valence-electron chi connectivity index (χ1n) is 7.16. The first-order valence-corrected chi connectivity index (χ1v) is 7.16. The van der Waals surface area contributed by atoms with Crippen molar-refractivity contribution in [2.75, 3.05) is 13.2 Å². The van der Waals surface area contributed by atoms with Gasteiger partial charge in [0.25, 0.3) is 0 Å². The number of nitrogens with one attached hydrogen (secondary N) is 1. The van der Waals surface area contributed by atoms with E-state index in [1.807, 2.05) is 0 Å². The highest BCUT2D eigenvalue weighted by Gasteiger charge is 2.30. The average molecular weight is 247 g/mol. The topological polar surface area (TPSA) is 21.3 Å². The predicted molar refractivity (Wildman–Crippen MR) is 75.7 cm³/mol. The molecule has 1 aromatic rings. The third-order valence-electron chi connectivity index (χ3n) is 3.80. The summed E-state index contributed by atoms with van der Waals surface area (Å²) in [5.74, 6) is 0. The van der Waals surface area contributed by atoms with Crippen molar-refractivity contribution < 1.29 is 4.74 Å². The van der Waals surface area contributed by atoms with Gasteiger partial charge in [-0.3, -0.25) is 0 Å². The van der Waals surface area contributed by atoms with Gasteiger partial charge in [-0.25, -0.2) is 0 Å². The third kappa shape index (κ3) is 3.56. The van der Waals surface area contributed by atoms with Crippen LogP contribution in [-0.2, 0) is 4.74 Å². The molecule has 0 aromatic heterocycles. The molecule has 1 heterocycles. The maximum atomic E-state index is 5.84. The lowest BCUT2D eigenvalue weighted by molar-refractivity contribution is 0.0184. The summed E-state index contributed by atoms with van der Waals surface area (Å²) in [4.78, 5) is 0. The van der Waals surface area contributed by atoms with Crippen LogP contribution < -0.4 is 5.32 Å². The summed E-state index contributed by atoms with van der Waals surface area (Å²) >= 11 is 0. The second kappa shape index (κ2) is 6.35. The Morgan fingerprint density at radius 1 is 1.33 bits per heavy atom. The zero-order valence-electron chi connectivity index (χ0n) is 11.6. The highest BCUT2D eigenvalue weighted by atomic mass is 16.5. The molecule has 2 unspecified atom stereocenters. The number of benzene rings is 1. The zero-order chi connectivity index (χ0) is 12.8. The molecule has 0 aliphatic carbocycles. The Labute approximate surface area is 111 Å². The molecule has 18 heavy (non-hydrogen) atoms. The average Bonchev–Trinajstić information content (AvgIpc) is 2.83. The molecular weight excluding hydrogens is 222 g/mol. The number of hydrogen-bond donors (Lipinski definition) is 1. The second-order valence-corrected chi connectivity index (χ2v) is 5.53. The van der Waals surface area contributed by atoms with E-state index in [0.29, 0.717) is 6.04 Å². The Morgan fingerprint density at radius 3 is 2.72 bits per heavy atom. The molecule has 1 saturated heterocycles. The highest BCUT2D eigenvalue weighted by Crippen LogP contribution is 2.26. The molecule has 1 N–H and O–H groups in total. The van der Waals surface area contributed by atoms with Crippen molar-refractivity contribution in [3.05, 3.63) is 35.9 Å². The summed E-state index contributed by atoms with van der Waals surface area (Å²) in [5, 5.41) is 3.69. The molecule has 1 aromatic carbocycles. The summed E-state index contributed by atoms with van der Waals surface area (Å²) in [5.41, 5.74) is 1.43. The van der Waals surface area contributed by atoms with E-state index in [0.717, 1.165) is 13.2 Å². The second-order valence-electron chi connectivity index (χ2n) is 5.53. The number of rotatable bonds is 6. The normalized spacial score (nSPS) is 25.2. The molecule has 1 aliphatic heterocycles. The first kappa shape index (κ1) is 13.6. The molecule has 1 aliphatic rings. The van der Waals surface area contributed by atoms with Crippen molar-refractivity contribution in [1.29, 1.82) is 0 Å². The van der Waals surface area contributed by atoms with Crippen molar-refractivity contribution >= 4 is 0 Å². The van der Waals surface area contributed by atoms with Crippen LogP contribution in [0.4, 0.5) is 0 Å². The zero-order valence-corrected chi connectivity index (χ0v) is 11.6. The van der Waals surface area contributed by atoms with Crippen LogP contribution in [0, 0.1) is 0 Å². The fourth-order valence-electron chi connectivity index (χ4n) is 2.68. The lowest BCUT2D eigenvalue weighted by Crippen LogP contribution is -2.38. The minimum atomic E-state index is 0.0424. The number of hydrogen-bond acceptors (Lipinski definition) is 2. The van der Waals surface area contributed by atoms with Crippen LogP contribution >= 0.6 is 0 Å². The van der Waals surface area contributed by atoms with Gasteiger partial charge >= 0.3 is 0 Å². The van der Waals surface area contributed by atoms with Gasteiger partial charge in [0.05, 0.1) is 5.60 Å². The standard InChI is InChI=1S/C16H25NO/c1-3-8-15(14-9-5-4-6-10-14)17-13-16(2)11-7-12-18-16/h4-6,9-10,15,17H,3,7-8,11-13H2,1-2H3. The van der Waals surface area contributed by atoms with E-state index in [9.17, 15) is 0 Å². The van der Waals surface area contributed by atoms with E-state index in [1.165, 1.54) is 31.2 Å². The van der Waals surface area contributed by atoms with E-state index in [-0.39, 0.29) is 5.60 Å². The maximum absolute atomic E-state index is 5.84. The molecule has 0 saturated carbocycles. The van der Waals surface area contributed by atoms with E-state index in [2.05, 4.69) is 49.5 Å². The van der Waals surface area contributed by atoms with Gasteiger partial charge in [0.2, 0.25) is 0 Å². The van der Waals surface area contributed by atoms with Gasteiger partial charge in [-0.2, -0.15) is 0 Å². The third-order valence-corrected chi connectivity index (χ3v) is 3.80. The summed E-state index contributed by atoms with van der Waals surface area (Å²) in [7, 11) is 0. The Balaban J connectivity index is 1.94. The highest BCUT2D eigenvalue weighted by molar-refractivity contribution is 5.18. The van der Waals surface area contributed by atoms with Gasteiger partial charge in [0.15, 0.2) is 0 Å². The summed E-state index contributed by atoms with van der Waals surface area (Å²) in [6, 6.07) is 11.2. The van der Waals surface area contributed by atoms with Gasteiger partial charge < -0.3 is 10.1 Å². The van der Waals surface area contributed by atoms with E-state index in [1.54, 1.807) is 0 Å². The summed E-state index contributed by atoms with van der Waals surface area (Å²) in [6.07, 6.45) is 4.75. The Bertz CT molecular complexity index is 343. The molecule has 1 fully saturated rings. The molecule has 2 rings (SSSR count). The molecule has 0 radical (unpaired) electrons. The van der Waals surface area contributed by atoms with Gasteiger partial charge in [-0.15, -0.1) is 0 Å². The summed E-state index contributed by atoms with van der Waals surface area (Å²) in [6.45, 7) is 6.33. The van der Waals surface area contributed by atoms with Gasteiger partial charge in [-0.05, 0) is 31.7 Å². The van der Waals surface area contributed by atoms with Gasteiger partial charge in [-0.1, -0.05) is 43.7 Å². The Hall–Kier alpha value is -0.860. The molecule has 0 bridgehead atoms. The SMILES string of the molecule is CCCC(NCC1(C)CCCO1)c1ccccc1. The van der Waals surface area contributed by atoms with Gasteiger partial charge in [0, 0.05) is 19.2 Å². The van der Waals surface area contributed by atoms with Crippen LogP contribution in [0.15, 0.2) is 30.3 Å². The van der Waals surface area contributed by atoms with Crippen LogP contribution in [0.25, 0.3) is 0 Å². The van der Waals surface area contributed by atoms with Crippen molar-refractivity contribution in [3.63, 3.8) is 0 Å². The van der Waals surface area contributed by atoms with Crippen molar-refractivity contribution in [3.8, 4) is 0 Å². The molecule has 2 heteroatoms. The first-order chi connectivity index (χ1) is 8.73. The Morgan fingerprint density at radius 2 is 2.11 bits per heavy atom. The number of ether oxygens (including phenoxy) is 1. The summed E-state index contributed by atoms with van der Waals surface area (Å²) < 4.78 is 5.84. The van der Waals surface area contributed by atoms with Crippen molar-refractivity contribution in [2.24, 2.45) is 0 Å². The van der Waals surface area contributed by atoms with Crippen LogP contribution in [0.3, 0.4) is 0 Å². The van der Waals surface area contributed by atoms with Gasteiger partial charge in [0.1, 0.15) is 0 Å². The largest absolute Gasteiger partial charge is 0.374 e. The monoisotopic (exact) mass is 247 g/mol. The van der Waals surface area contributed by atoms with E-state index < -0.39 is 0 Å². The van der Waals surface area contributed by atoms with Crippen molar-refractivity contribution in [1.82, 2.24) is 5.32 Å². The van der Waals surface area contributed by atoms with Crippen LogP contribution in [-0.4, -0.2) is 18.8 Å². The van der Waals surface area contributed by atoms with Crippen LogP contribution in [0.2, 0.25) is 0 Å². The minimum Gasteiger partial charge on any atom is -0.374 e. The van der Waals surface area contributed by atoms with Crippen LogP contribution in [0.1, 0.15) is 51.1 Å². The fourth-order valence-corrected chi connectivity index (χ4v) is 2.68. The molecule has 2 atom stereocenters. The smallest absolute Gasteiger partial charge is 0.0779 e. The molecule has 0 spiro atoms. The Kier molecular flexibility index (Phi) is 4.79. The van der Waals surface area contributed by atoms with Crippen LogP contribution in [0.5, 0.6) is 0 Å². The fraction of sp³-hybridized carbons (Fsp3) is 0.625. The molecule has 0 amide bonds. The lowest BCUT2D eigenvalue weighted by Gasteiger charge is -2.27. The van der Waals surface area contributed by atoms with E-state index in [4.69, 9.17) is 4.74 Å². The molecule has 100 valence electrons. The minimum absolute atomic E-state index is 0.0424. The maximum Gasteiger partial charge on any atom is 0.0779 e. The predicted octanol–water partition coefficient (Wildman–Crippen LogP) is 3.69. The molecule has 2 nitrogen and oxygen atoms in total. The molecular formula is C16H25NO. The quantitative estimate of drug-likeness (QED) is 0.828. The van der Waals surface area contributed by atoms with E-state index >= 15 is 0 Å². The van der Waals surface area contributed by atoms with Crippen molar-refractivity contribution in [2.45, 2.75) is 51.2 Å².